The molecule has 9 heteroatoms. The summed E-state index contributed by atoms with van der Waals surface area (Å²) in [5.41, 5.74) is 2.24. The highest BCUT2D eigenvalue weighted by Gasteiger charge is 2.57. The second-order valence-electron chi connectivity index (χ2n) is 13.1. The molecule has 1 N–H and O–H groups in total. The van der Waals surface area contributed by atoms with Crippen LogP contribution in [0.2, 0.25) is 5.02 Å². The third kappa shape index (κ3) is 5.38. The lowest BCUT2D eigenvalue weighted by atomic mass is 9.52. The van der Waals surface area contributed by atoms with E-state index in [2.05, 4.69) is 5.32 Å². The van der Waals surface area contributed by atoms with Crippen molar-refractivity contribution < 1.29 is 23.9 Å². The SMILES string of the molecule is COC(=O)c1c(Cc2ccc(C(=O)N[C@@H]3[C@@H]4C[C@@H]5C[C@H]3C[C@@](OC(C)=O)(C5)C4)cc2)c(=O)c2ccc(Cl)cc2n1-c1ccccc1. The molecule has 0 radical (unpaired) electrons. The zero-order valence-electron chi connectivity index (χ0n) is 25.8. The molecule has 4 aromatic rings. The highest BCUT2D eigenvalue weighted by molar-refractivity contribution is 6.31. The Hall–Kier alpha value is -4.43. The molecule has 0 aliphatic heterocycles. The van der Waals surface area contributed by atoms with Crippen LogP contribution in [0.4, 0.5) is 0 Å². The number of pyridine rings is 1. The topological polar surface area (TPSA) is 104 Å². The quantitative estimate of drug-likeness (QED) is 0.240. The number of para-hydroxylation sites is 1. The van der Waals surface area contributed by atoms with Gasteiger partial charge in [0.05, 0.1) is 12.6 Å². The first-order valence-corrected chi connectivity index (χ1v) is 16.1. The minimum Gasteiger partial charge on any atom is -0.464 e. The van der Waals surface area contributed by atoms with Crippen LogP contribution in [-0.2, 0) is 20.7 Å². The molecule has 4 bridgehead atoms. The van der Waals surface area contributed by atoms with E-state index in [1.165, 1.54) is 14.0 Å². The number of amides is 1. The van der Waals surface area contributed by atoms with E-state index < -0.39 is 5.97 Å². The molecule has 5 atom stereocenters. The first kappa shape index (κ1) is 30.2. The van der Waals surface area contributed by atoms with Gasteiger partial charge in [-0.3, -0.25) is 14.4 Å². The fourth-order valence-electron chi connectivity index (χ4n) is 8.56. The minimum absolute atomic E-state index is 0.0533. The van der Waals surface area contributed by atoms with Crippen LogP contribution in [0.15, 0.2) is 77.6 Å². The summed E-state index contributed by atoms with van der Waals surface area (Å²) in [6.45, 7) is 1.48. The van der Waals surface area contributed by atoms with E-state index in [4.69, 9.17) is 21.1 Å². The highest BCUT2D eigenvalue weighted by atomic mass is 35.5. The number of rotatable bonds is 7. The van der Waals surface area contributed by atoms with Crippen molar-refractivity contribution >= 4 is 40.3 Å². The first-order valence-electron chi connectivity index (χ1n) is 15.7. The van der Waals surface area contributed by atoms with E-state index in [9.17, 15) is 19.2 Å². The zero-order valence-corrected chi connectivity index (χ0v) is 26.5. The van der Waals surface area contributed by atoms with Crippen LogP contribution >= 0.6 is 11.6 Å². The van der Waals surface area contributed by atoms with Crippen molar-refractivity contribution in [3.05, 3.63) is 110 Å². The van der Waals surface area contributed by atoms with Gasteiger partial charge in [0.25, 0.3) is 5.91 Å². The number of nitrogens with one attached hydrogen (secondary N) is 1. The van der Waals surface area contributed by atoms with Crippen LogP contribution in [0.25, 0.3) is 16.6 Å². The van der Waals surface area contributed by atoms with Crippen LogP contribution in [0, 0.1) is 17.8 Å². The molecule has 0 saturated heterocycles. The van der Waals surface area contributed by atoms with Crippen molar-refractivity contribution in [2.24, 2.45) is 17.8 Å². The predicted molar refractivity (Wildman–Crippen MR) is 174 cm³/mol. The summed E-state index contributed by atoms with van der Waals surface area (Å²) in [4.78, 5) is 52.5. The predicted octanol–water partition coefficient (Wildman–Crippen LogP) is 6.26. The van der Waals surface area contributed by atoms with E-state index >= 15 is 0 Å². The van der Waals surface area contributed by atoms with E-state index in [0.717, 1.165) is 37.7 Å². The standard InChI is InChI=1S/C37H35ClN2O6/c1-21(41)46-37-18-23-14-25(19-37)32(26(15-23)20-37)39-35(43)24-10-8-22(9-11-24)16-30-33(36(44)45-2)40(28-6-4-3-5-7-28)31-17-27(38)12-13-29(31)34(30)42/h3-13,17,23,25-26,32H,14-16,18-20H2,1-2H3,(H,39,43)/t23-,25-,26+,32-,37-. The molecule has 236 valence electrons. The van der Waals surface area contributed by atoms with Gasteiger partial charge in [-0.15, -0.1) is 0 Å². The highest BCUT2D eigenvalue weighted by Crippen LogP contribution is 2.57. The molecule has 0 spiro atoms. The first-order chi connectivity index (χ1) is 22.1. The van der Waals surface area contributed by atoms with Crippen LogP contribution in [-0.4, -0.2) is 41.2 Å². The lowest BCUT2D eigenvalue weighted by molar-refractivity contribution is -0.188. The second kappa shape index (κ2) is 11.7. The average molecular weight is 639 g/mol. The normalized spacial score (nSPS) is 24.5. The molecule has 4 fully saturated rings. The van der Waals surface area contributed by atoms with Crippen molar-refractivity contribution in [1.82, 2.24) is 9.88 Å². The van der Waals surface area contributed by atoms with Gasteiger partial charge in [0.1, 0.15) is 11.3 Å². The molecule has 4 aliphatic rings. The maximum Gasteiger partial charge on any atom is 0.355 e. The number of halogens is 1. The van der Waals surface area contributed by atoms with Gasteiger partial charge in [-0.05, 0) is 97.9 Å². The number of nitrogens with zero attached hydrogens (tertiary/aromatic N) is 1. The van der Waals surface area contributed by atoms with Crippen molar-refractivity contribution in [3.8, 4) is 5.69 Å². The summed E-state index contributed by atoms with van der Waals surface area (Å²) in [6.07, 6.45) is 4.77. The molecule has 3 aromatic carbocycles. The summed E-state index contributed by atoms with van der Waals surface area (Å²) in [6, 6.07) is 21.5. The molecule has 0 unspecified atom stereocenters. The van der Waals surface area contributed by atoms with Gasteiger partial charge in [-0.2, -0.15) is 0 Å². The van der Waals surface area contributed by atoms with Crippen molar-refractivity contribution in [1.29, 1.82) is 0 Å². The van der Waals surface area contributed by atoms with Gasteiger partial charge in [0.15, 0.2) is 5.43 Å². The molecule has 1 amide bonds. The Kier molecular flexibility index (Phi) is 7.71. The number of fused-ring (bicyclic) bond motifs is 1. The third-order valence-electron chi connectivity index (χ3n) is 10.1. The number of hydrogen-bond donors (Lipinski definition) is 1. The number of aromatic nitrogens is 1. The number of benzene rings is 3. The van der Waals surface area contributed by atoms with E-state index in [1.54, 1.807) is 34.9 Å². The monoisotopic (exact) mass is 638 g/mol. The van der Waals surface area contributed by atoms with Gasteiger partial charge in [0, 0.05) is 46.6 Å². The summed E-state index contributed by atoms with van der Waals surface area (Å²) in [7, 11) is 1.29. The Morgan fingerprint density at radius 2 is 1.65 bits per heavy atom. The summed E-state index contributed by atoms with van der Waals surface area (Å²) >= 11 is 6.35. The molecule has 4 aliphatic carbocycles. The average Bonchev–Trinajstić information content (AvgIpc) is 3.03. The van der Waals surface area contributed by atoms with Crippen molar-refractivity contribution in [2.75, 3.05) is 7.11 Å². The van der Waals surface area contributed by atoms with Gasteiger partial charge in [-0.25, -0.2) is 4.79 Å². The lowest BCUT2D eigenvalue weighted by Crippen LogP contribution is -2.62. The molecule has 1 aromatic heterocycles. The molecular formula is C37H35ClN2O6. The Bertz CT molecular complexity index is 1900. The smallest absolute Gasteiger partial charge is 0.355 e. The fourth-order valence-corrected chi connectivity index (χ4v) is 8.72. The summed E-state index contributed by atoms with van der Waals surface area (Å²) in [5, 5.41) is 4.17. The van der Waals surface area contributed by atoms with Crippen molar-refractivity contribution in [3.63, 3.8) is 0 Å². The van der Waals surface area contributed by atoms with E-state index in [-0.39, 0.29) is 46.6 Å². The molecule has 8 nitrogen and oxygen atoms in total. The maximum absolute atomic E-state index is 13.9. The number of methoxy groups -OCH3 is 1. The number of esters is 2. The molecular weight excluding hydrogens is 604 g/mol. The van der Waals surface area contributed by atoms with Gasteiger partial charge >= 0.3 is 11.9 Å². The zero-order chi connectivity index (χ0) is 32.2. The minimum atomic E-state index is -0.639. The lowest BCUT2D eigenvalue weighted by Gasteiger charge is -2.59. The van der Waals surface area contributed by atoms with Gasteiger partial charge < -0.3 is 19.4 Å². The third-order valence-corrected chi connectivity index (χ3v) is 10.3. The number of hydrogen-bond acceptors (Lipinski definition) is 6. The number of carbonyl (C=O) groups is 3. The van der Waals surface area contributed by atoms with Gasteiger partial charge in [0.2, 0.25) is 0 Å². The Labute approximate surface area is 271 Å². The van der Waals surface area contributed by atoms with Crippen molar-refractivity contribution in [2.45, 2.75) is 57.1 Å². The fraction of sp³-hybridized carbons (Fsp3) is 0.351. The Morgan fingerprint density at radius 3 is 2.30 bits per heavy atom. The number of carbonyl (C=O) groups excluding carboxylic acids is 3. The summed E-state index contributed by atoms with van der Waals surface area (Å²) < 4.78 is 12.8. The van der Waals surface area contributed by atoms with Crippen LogP contribution < -0.4 is 10.7 Å². The second-order valence-corrected chi connectivity index (χ2v) is 13.5. The Balaban J connectivity index is 1.17. The van der Waals surface area contributed by atoms with Crippen LogP contribution in [0.5, 0.6) is 0 Å². The van der Waals surface area contributed by atoms with Crippen LogP contribution in [0.1, 0.15) is 71.0 Å². The molecule has 46 heavy (non-hydrogen) atoms. The van der Waals surface area contributed by atoms with E-state index in [0.29, 0.717) is 44.9 Å². The van der Waals surface area contributed by atoms with E-state index in [1.807, 2.05) is 42.5 Å². The molecule has 1 heterocycles. The largest absolute Gasteiger partial charge is 0.464 e. The van der Waals surface area contributed by atoms with Crippen LogP contribution in [0.3, 0.4) is 0 Å². The number of ether oxygens (including phenoxy) is 2. The molecule has 4 saturated carbocycles. The molecule has 8 rings (SSSR count). The maximum atomic E-state index is 13.9. The Morgan fingerprint density at radius 1 is 0.957 bits per heavy atom. The van der Waals surface area contributed by atoms with Gasteiger partial charge in [-0.1, -0.05) is 41.9 Å². The summed E-state index contributed by atoms with van der Waals surface area (Å²) in [5.74, 6) is 0.112.